The highest BCUT2D eigenvalue weighted by Crippen LogP contribution is 2.27. The monoisotopic (exact) mass is 226 g/mol. The maximum absolute atomic E-state index is 3.49. The van der Waals surface area contributed by atoms with E-state index in [1.54, 1.807) is 0 Å². The van der Waals surface area contributed by atoms with Gasteiger partial charge in [-0.05, 0) is 45.3 Å². The van der Waals surface area contributed by atoms with Crippen LogP contribution in [0.4, 0.5) is 0 Å². The van der Waals surface area contributed by atoms with Crippen LogP contribution in [0.15, 0.2) is 0 Å². The smallest absolute Gasteiger partial charge is 0.0118 e. The van der Waals surface area contributed by atoms with E-state index in [1.807, 2.05) is 0 Å². The minimum absolute atomic E-state index is 0.624. The summed E-state index contributed by atoms with van der Waals surface area (Å²) in [6.07, 6.45) is 7.00. The molecule has 0 aromatic carbocycles. The fourth-order valence-corrected chi connectivity index (χ4v) is 2.84. The average molecular weight is 226 g/mol. The number of nitrogens with zero attached hydrogens (tertiary/aromatic N) is 1. The van der Waals surface area contributed by atoms with Crippen LogP contribution in [-0.4, -0.2) is 37.1 Å². The van der Waals surface area contributed by atoms with E-state index in [1.165, 1.54) is 38.6 Å². The molecule has 2 unspecified atom stereocenters. The number of nitrogens with one attached hydrogen (secondary N) is 1. The lowest BCUT2D eigenvalue weighted by Crippen LogP contribution is -2.40. The van der Waals surface area contributed by atoms with Crippen LogP contribution in [0, 0.1) is 5.92 Å². The minimum Gasteiger partial charge on any atom is -0.314 e. The molecular weight excluding hydrogens is 196 g/mol. The molecule has 2 heteroatoms. The van der Waals surface area contributed by atoms with Crippen LogP contribution < -0.4 is 5.32 Å². The Bertz CT molecular complexity index is 180. The van der Waals surface area contributed by atoms with Gasteiger partial charge in [0.1, 0.15) is 0 Å². The van der Waals surface area contributed by atoms with Gasteiger partial charge in [0.15, 0.2) is 0 Å². The summed E-state index contributed by atoms with van der Waals surface area (Å²) >= 11 is 0. The fraction of sp³-hybridized carbons (Fsp3) is 1.00. The average Bonchev–Trinajstić information content (AvgIpc) is 2.24. The van der Waals surface area contributed by atoms with Crippen molar-refractivity contribution in [1.82, 2.24) is 10.2 Å². The highest BCUT2D eigenvalue weighted by Gasteiger charge is 2.24. The maximum atomic E-state index is 3.49. The summed E-state index contributed by atoms with van der Waals surface area (Å²) in [5.74, 6) is 0.900. The molecule has 0 bridgehead atoms. The molecule has 1 aliphatic carbocycles. The van der Waals surface area contributed by atoms with Gasteiger partial charge in [0.2, 0.25) is 0 Å². The zero-order valence-electron chi connectivity index (χ0n) is 11.6. The van der Waals surface area contributed by atoms with E-state index in [9.17, 15) is 0 Å². The Balaban J connectivity index is 2.15. The van der Waals surface area contributed by atoms with Gasteiger partial charge in [-0.1, -0.05) is 33.6 Å². The van der Waals surface area contributed by atoms with Gasteiger partial charge in [-0.3, -0.25) is 0 Å². The number of hydrogen-bond acceptors (Lipinski definition) is 2. The predicted octanol–water partition coefficient (Wildman–Crippen LogP) is 2.89. The van der Waals surface area contributed by atoms with E-state index in [-0.39, 0.29) is 0 Å². The molecule has 1 N–H and O–H groups in total. The summed E-state index contributed by atoms with van der Waals surface area (Å²) in [5, 5.41) is 3.49. The third kappa shape index (κ3) is 4.84. The van der Waals surface area contributed by atoms with Crippen molar-refractivity contribution in [3.8, 4) is 0 Å². The van der Waals surface area contributed by atoms with Gasteiger partial charge in [-0.15, -0.1) is 0 Å². The lowest BCUT2D eigenvalue weighted by molar-refractivity contribution is 0.138. The van der Waals surface area contributed by atoms with Gasteiger partial charge >= 0.3 is 0 Å². The molecule has 96 valence electrons. The summed E-state index contributed by atoms with van der Waals surface area (Å²) < 4.78 is 0. The summed E-state index contributed by atoms with van der Waals surface area (Å²) in [5.41, 5.74) is 0. The number of rotatable bonds is 6. The Morgan fingerprint density at radius 1 is 1.25 bits per heavy atom. The highest BCUT2D eigenvalue weighted by atomic mass is 15.1. The van der Waals surface area contributed by atoms with E-state index < -0.39 is 0 Å². The van der Waals surface area contributed by atoms with Crippen LogP contribution in [0.5, 0.6) is 0 Å². The van der Waals surface area contributed by atoms with Crippen LogP contribution in [0.25, 0.3) is 0 Å². The van der Waals surface area contributed by atoms with E-state index >= 15 is 0 Å². The van der Waals surface area contributed by atoms with Gasteiger partial charge in [0, 0.05) is 12.1 Å². The molecule has 1 rings (SSSR count). The van der Waals surface area contributed by atoms with E-state index in [4.69, 9.17) is 0 Å². The Labute approximate surface area is 102 Å². The summed E-state index contributed by atoms with van der Waals surface area (Å²) in [6, 6.07) is 1.46. The van der Waals surface area contributed by atoms with E-state index in [0.29, 0.717) is 6.04 Å². The molecule has 0 radical (unpaired) electrons. The summed E-state index contributed by atoms with van der Waals surface area (Å²) in [4.78, 5) is 2.59. The Morgan fingerprint density at radius 3 is 2.56 bits per heavy atom. The van der Waals surface area contributed by atoms with Crippen molar-refractivity contribution in [2.24, 2.45) is 5.92 Å². The Hall–Kier alpha value is -0.0800. The first-order valence-electron chi connectivity index (χ1n) is 7.05. The zero-order chi connectivity index (χ0) is 12.0. The molecule has 0 amide bonds. The van der Waals surface area contributed by atoms with Gasteiger partial charge in [0.05, 0.1) is 0 Å². The largest absolute Gasteiger partial charge is 0.314 e. The zero-order valence-corrected chi connectivity index (χ0v) is 11.6. The molecule has 16 heavy (non-hydrogen) atoms. The third-order valence-corrected chi connectivity index (χ3v) is 3.87. The van der Waals surface area contributed by atoms with Gasteiger partial charge in [-0.25, -0.2) is 0 Å². The summed E-state index contributed by atoms with van der Waals surface area (Å²) in [6.45, 7) is 9.25. The van der Waals surface area contributed by atoms with Crippen molar-refractivity contribution >= 4 is 0 Å². The lowest BCUT2D eigenvalue weighted by Gasteiger charge is -2.36. The standard InChI is InChI=1S/C14H30N2/c1-12(2)15-10-7-11-16(4)14-9-6-5-8-13(14)3/h12-15H,5-11H2,1-4H3. The van der Waals surface area contributed by atoms with Crippen LogP contribution in [0.2, 0.25) is 0 Å². The topological polar surface area (TPSA) is 15.3 Å². The Morgan fingerprint density at radius 2 is 1.94 bits per heavy atom. The molecule has 2 atom stereocenters. The molecule has 0 aromatic rings. The molecule has 0 aromatic heterocycles. The fourth-order valence-electron chi connectivity index (χ4n) is 2.84. The van der Waals surface area contributed by atoms with Crippen LogP contribution in [0.1, 0.15) is 52.9 Å². The molecule has 0 heterocycles. The molecule has 1 aliphatic rings. The van der Waals surface area contributed by atoms with Crippen molar-refractivity contribution in [3.05, 3.63) is 0 Å². The van der Waals surface area contributed by atoms with Crippen molar-refractivity contribution < 1.29 is 0 Å². The first kappa shape index (κ1) is 14.0. The van der Waals surface area contributed by atoms with Crippen LogP contribution in [0.3, 0.4) is 0 Å². The molecule has 0 aliphatic heterocycles. The van der Waals surface area contributed by atoms with Crippen molar-refractivity contribution in [3.63, 3.8) is 0 Å². The summed E-state index contributed by atoms with van der Waals surface area (Å²) in [7, 11) is 2.31. The normalized spacial score (nSPS) is 26.6. The second kappa shape index (κ2) is 7.29. The molecule has 2 nitrogen and oxygen atoms in total. The van der Waals surface area contributed by atoms with Crippen molar-refractivity contribution in [2.45, 2.75) is 65.0 Å². The first-order valence-corrected chi connectivity index (χ1v) is 7.05. The Kier molecular flexibility index (Phi) is 6.37. The molecule has 1 saturated carbocycles. The quantitative estimate of drug-likeness (QED) is 0.701. The third-order valence-electron chi connectivity index (χ3n) is 3.87. The minimum atomic E-state index is 0.624. The van der Waals surface area contributed by atoms with Crippen molar-refractivity contribution in [1.29, 1.82) is 0 Å². The van der Waals surface area contributed by atoms with Gasteiger partial charge < -0.3 is 10.2 Å². The highest BCUT2D eigenvalue weighted by molar-refractivity contribution is 4.79. The number of hydrogen-bond donors (Lipinski definition) is 1. The van der Waals surface area contributed by atoms with Gasteiger partial charge in [0.25, 0.3) is 0 Å². The van der Waals surface area contributed by atoms with Crippen LogP contribution in [-0.2, 0) is 0 Å². The van der Waals surface area contributed by atoms with Crippen LogP contribution >= 0.6 is 0 Å². The second-order valence-electron chi connectivity index (χ2n) is 5.77. The van der Waals surface area contributed by atoms with E-state index in [0.717, 1.165) is 18.5 Å². The molecule has 0 spiro atoms. The predicted molar refractivity (Wildman–Crippen MR) is 71.8 cm³/mol. The maximum Gasteiger partial charge on any atom is 0.0118 e. The lowest BCUT2D eigenvalue weighted by atomic mass is 9.85. The second-order valence-corrected chi connectivity index (χ2v) is 5.77. The van der Waals surface area contributed by atoms with E-state index in [2.05, 4.69) is 38.0 Å². The molecule has 0 saturated heterocycles. The SMILES string of the molecule is CC(C)NCCCN(C)C1CCCCC1C. The van der Waals surface area contributed by atoms with Crippen molar-refractivity contribution in [2.75, 3.05) is 20.1 Å². The molecule has 1 fully saturated rings. The molecular formula is C14H30N2. The van der Waals surface area contributed by atoms with Gasteiger partial charge in [-0.2, -0.15) is 0 Å². The first-order chi connectivity index (χ1) is 7.61.